The monoisotopic (exact) mass is 335 g/mol. The molecule has 128 valence electrons. The van der Waals surface area contributed by atoms with E-state index in [0.717, 1.165) is 30.2 Å². The van der Waals surface area contributed by atoms with Gasteiger partial charge in [-0.25, -0.2) is 9.97 Å². The van der Waals surface area contributed by atoms with Crippen molar-refractivity contribution < 1.29 is 4.79 Å². The predicted octanol–water partition coefficient (Wildman–Crippen LogP) is 2.43. The van der Waals surface area contributed by atoms with Crippen molar-refractivity contribution >= 4 is 5.91 Å². The molecule has 1 amide bonds. The molecule has 4 rings (SSSR count). The maximum Gasteiger partial charge on any atom is 0.243 e. The van der Waals surface area contributed by atoms with Crippen LogP contribution in [0.1, 0.15) is 30.2 Å². The Kier molecular flexibility index (Phi) is 4.09. The fraction of sp³-hybridized carbons (Fsp3) is 0.316. The number of aromatic nitrogens is 4. The first-order valence-corrected chi connectivity index (χ1v) is 8.60. The van der Waals surface area contributed by atoms with Crippen LogP contribution < -0.4 is 0 Å². The van der Waals surface area contributed by atoms with Crippen molar-refractivity contribution in [2.24, 2.45) is 0 Å². The van der Waals surface area contributed by atoms with E-state index in [0.29, 0.717) is 13.1 Å². The van der Waals surface area contributed by atoms with Crippen molar-refractivity contribution in [2.45, 2.75) is 39.0 Å². The molecule has 0 radical (unpaired) electrons. The summed E-state index contributed by atoms with van der Waals surface area (Å²) in [4.78, 5) is 23.7. The lowest BCUT2D eigenvalue weighted by atomic mass is 10.0. The number of carbonyl (C=O) groups is 1. The fourth-order valence-corrected chi connectivity index (χ4v) is 3.46. The normalized spacial score (nSPS) is 16.7. The van der Waals surface area contributed by atoms with Crippen molar-refractivity contribution in [3.8, 4) is 0 Å². The smallest absolute Gasteiger partial charge is 0.243 e. The van der Waals surface area contributed by atoms with E-state index in [9.17, 15) is 4.79 Å². The summed E-state index contributed by atoms with van der Waals surface area (Å²) in [7, 11) is 0. The molecule has 2 aromatic heterocycles. The summed E-state index contributed by atoms with van der Waals surface area (Å²) in [5.41, 5.74) is 1.15. The summed E-state index contributed by atoms with van der Waals surface area (Å²) in [5.74, 6) is 1.96. The minimum absolute atomic E-state index is 0.0176. The molecule has 0 fully saturated rings. The standard InChI is InChI=1S/C19H21N5O/c1-2-17-20-8-11-23(17)14-19(25)24-13-18-21-9-10-22(18)12-16(24)15-6-4-3-5-7-15/h3-11,16H,2,12-14H2,1H3/t16-/m0/s1. The molecule has 1 aromatic carbocycles. The third-order valence-corrected chi connectivity index (χ3v) is 4.79. The summed E-state index contributed by atoms with van der Waals surface area (Å²) in [6.07, 6.45) is 8.23. The van der Waals surface area contributed by atoms with Crippen LogP contribution in [-0.4, -0.2) is 29.9 Å². The van der Waals surface area contributed by atoms with E-state index in [1.54, 1.807) is 12.4 Å². The number of carbonyl (C=O) groups excluding carboxylic acids is 1. The number of aryl methyl sites for hydroxylation is 1. The van der Waals surface area contributed by atoms with Crippen molar-refractivity contribution in [3.63, 3.8) is 0 Å². The second-order valence-electron chi connectivity index (χ2n) is 6.27. The van der Waals surface area contributed by atoms with Crippen molar-refractivity contribution in [1.29, 1.82) is 0 Å². The highest BCUT2D eigenvalue weighted by Crippen LogP contribution is 2.29. The lowest BCUT2D eigenvalue weighted by molar-refractivity contribution is -0.136. The van der Waals surface area contributed by atoms with Gasteiger partial charge in [-0.15, -0.1) is 0 Å². The van der Waals surface area contributed by atoms with E-state index in [4.69, 9.17) is 0 Å². The molecule has 6 nitrogen and oxygen atoms in total. The van der Waals surface area contributed by atoms with Crippen LogP contribution in [0.3, 0.4) is 0 Å². The van der Waals surface area contributed by atoms with Gasteiger partial charge in [0.15, 0.2) is 0 Å². The molecule has 1 atom stereocenters. The molecule has 0 N–H and O–H groups in total. The van der Waals surface area contributed by atoms with Gasteiger partial charge < -0.3 is 14.0 Å². The highest BCUT2D eigenvalue weighted by atomic mass is 16.2. The third kappa shape index (κ3) is 2.95. The maximum atomic E-state index is 13.1. The van der Waals surface area contributed by atoms with E-state index in [2.05, 4.69) is 26.7 Å². The SMILES string of the molecule is CCc1nccn1CC(=O)N1Cc2nccn2C[C@H]1c1ccccc1. The molecule has 6 heteroatoms. The van der Waals surface area contributed by atoms with Gasteiger partial charge >= 0.3 is 0 Å². The van der Waals surface area contributed by atoms with Gasteiger partial charge in [-0.2, -0.15) is 0 Å². The largest absolute Gasteiger partial charge is 0.331 e. The number of hydrogen-bond donors (Lipinski definition) is 0. The molecule has 0 saturated heterocycles. The zero-order chi connectivity index (χ0) is 17.2. The minimum Gasteiger partial charge on any atom is -0.331 e. The number of rotatable bonds is 4. The molecule has 25 heavy (non-hydrogen) atoms. The Morgan fingerprint density at radius 1 is 1.16 bits per heavy atom. The van der Waals surface area contributed by atoms with Gasteiger partial charge in [-0.05, 0) is 5.56 Å². The van der Waals surface area contributed by atoms with Gasteiger partial charge in [0, 0.05) is 37.8 Å². The number of imidazole rings is 2. The first-order chi connectivity index (χ1) is 12.3. The zero-order valence-corrected chi connectivity index (χ0v) is 14.2. The number of nitrogens with zero attached hydrogens (tertiary/aromatic N) is 5. The van der Waals surface area contributed by atoms with Crippen LogP contribution in [0.25, 0.3) is 0 Å². The van der Waals surface area contributed by atoms with Crippen molar-refractivity contribution in [3.05, 3.63) is 72.3 Å². The molecule has 0 spiro atoms. The number of fused-ring (bicyclic) bond motifs is 1. The Balaban J connectivity index is 1.64. The van der Waals surface area contributed by atoms with Crippen LogP contribution in [-0.2, 0) is 30.8 Å². The lowest BCUT2D eigenvalue weighted by Gasteiger charge is -2.36. The average Bonchev–Trinajstić information content (AvgIpc) is 3.29. The van der Waals surface area contributed by atoms with E-state index in [-0.39, 0.29) is 11.9 Å². The van der Waals surface area contributed by atoms with Crippen LogP contribution in [0.5, 0.6) is 0 Å². The van der Waals surface area contributed by atoms with Gasteiger partial charge in [0.25, 0.3) is 0 Å². The minimum atomic E-state index is 0.0176. The summed E-state index contributed by atoms with van der Waals surface area (Å²) >= 11 is 0. The number of benzene rings is 1. The summed E-state index contributed by atoms with van der Waals surface area (Å²) < 4.78 is 4.07. The predicted molar refractivity (Wildman–Crippen MR) is 93.6 cm³/mol. The Morgan fingerprint density at radius 3 is 2.76 bits per heavy atom. The van der Waals surface area contributed by atoms with Crippen LogP contribution >= 0.6 is 0 Å². The molecule has 3 heterocycles. The van der Waals surface area contributed by atoms with Gasteiger partial charge in [-0.3, -0.25) is 4.79 Å². The molecule has 0 unspecified atom stereocenters. The summed E-state index contributed by atoms with van der Waals surface area (Å²) in [6.45, 7) is 3.62. The van der Waals surface area contributed by atoms with E-state index in [1.807, 2.05) is 47.0 Å². The Hall–Kier alpha value is -2.89. The third-order valence-electron chi connectivity index (χ3n) is 4.79. The molecular formula is C19H21N5O. The maximum absolute atomic E-state index is 13.1. The lowest BCUT2D eigenvalue weighted by Crippen LogP contribution is -2.42. The first-order valence-electron chi connectivity index (χ1n) is 8.60. The van der Waals surface area contributed by atoms with Crippen LogP contribution in [0, 0.1) is 0 Å². The number of hydrogen-bond acceptors (Lipinski definition) is 3. The summed E-state index contributed by atoms with van der Waals surface area (Å²) in [6, 6.07) is 10.2. The average molecular weight is 335 g/mol. The molecule has 0 bridgehead atoms. The Labute approximate surface area is 146 Å². The van der Waals surface area contributed by atoms with E-state index < -0.39 is 0 Å². The molecule has 1 aliphatic rings. The highest BCUT2D eigenvalue weighted by molar-refractivity contribution is 5.76. The van der Waals surface area contributed by atoms with Crippen LogP contribution in [0.4, 0.5) is 0 Å². The van der Waals surface area contributed by atoms with Gasteiger partial charge in [0.05, 0.1) is 12.6 Å². The topological polar surface area (TPSA) is 56.0 Å². The number of amides is 1. The molecule has 3 aromatic rings. The second-order valence-corrected chi connectivity index (χ2v) is 6.27. The summed E-state index contributed by atoms with van der Waals surface area (Å²) in [5, 5.41) is 0. The molecule has 0 saturated carbocycles. The zero-order valence-electron chi connectivity index (χ0n) is 14.2. The fourth-order valence-electron chi connectivity index (χ4n) is 3.46. The quantitative estimate of drug-likeness (QED) is 0.736. The first kappa shape index (κ1) is 15.6. The van der Waals surface area contributed by atoms with Crippen LogP contribution in [0.2, 0.25) is 0 Å². The van der Waals surface area contributed by atoms with Crippen molar-refractivity contribution in [1.82, 2.24) is 24.0 Å². The van der Waals surface area contributed by atoms with Crippen molar-refractivity contribution in [2.75, 3.05) is 0 Å². The van der Waals surface area contributed by atoms with Gasteiger partial charge in [-0.1, -0.05) is 37.3 Å². The van der Waals surface area contributed by atoms with Gasteiger partial charge in [0.1, 0.15) is 18.2 Å². The Bertz CT molecular complexity index is 867. The molecular weight excluding hydrogens is 314 g/mol. The molecule has 0 aliphatic carbocycles. The van der Waals surface area contributed by atoms with E-state index >= 15 is 0 Å². The van der Waals surface area contributed by atoms with Crippen LogP contribution in [0.15, 0.2) is 55.1 Å². The second kappa shape index (κ2) is 6.55. The van der Waals surface area contributed by atoms with Gasteiger partial charge in [0.2, 0.25) is 5.91 Å². The Morgan fingerprint density at radius 2 is 1.96 bits per heavy atom. The molecule has 1 aliphatic heterocycles. The highest BCUT2D eigenvalue weighted by Gasteiger charge is 2.31. The van der Waals surface area contributed by atoms with E-state index in [1.165, 1.54) is 0 Å².